The van der Waals surface area contributed by atoms with E-state index in [0.717, 1.165) is 17.5 Å². The number of para-hydroxylation sites is 1. The van der Waals surface area contributed by atoms with Gasteiger partial charge in [-0.15, -0.1) is 0 Å². The van der Waals surface area contributed by atoms with Crippen molar-refractivity contribution in [3.05, 3.63) is 75.8 Å². The topological polar surface area (TPSA) is 34.9 Å². The molecular weight excluding hydrogens is 272 g/mol. The van der Waals surface area contributed by atoms with Gasteiger partial charge in [0.05, 0.1) is 10.9 Å². The van der Waals surface area contributed by atoms with Crippen LogP contribution in [0.25, 0.3) is 23.1 Å². The van der Waals surface area contributed by atoms with E-state index < -0.39 is 0 Å². The van der Waals surface area contributed by atoms with E-state index in [2.05, 4.69) is 36.2 Å². The molecular formula is C19H18N2O. The van der Waals surface area contributed by atoms with Gasteiger partial charge >= 0.3 is 0 Å². The van der Waals surface area contributed by atoms with Gasteiger partial charge in [-0.05, 0) is 35.8 Å². The van der Waals surface area contributed by atoms with Crippen molar-refractivity contribution in [3.8, 4) is 0 Å². The summed E-state index contributed by atoms with van der Waals surface area (Å²) in [6, 6.07) is 15.8. The lowest BCUT2D eigenvalue weighted by Crippen LogP contribution is -2.20. The maximum atomic E-state index is 12.3. The molecule has 3 aromatic rings. The van der Waals surface area contributed by atoms with Crippen molar-refractivity contribution < 1.29 is 0 Å². The second-order valence-corrected chi connectivity index (χ2v) is 5.28. The van der Waals surface area contributed by atoms with E-state index in [0.29, 0.717) is 11.2 Å². The van der Waals surface area contributed by atoms with Crippen molar-refractivity contribution in [2.75, 3.05) is 0 Å². The fourth-order valence-corrected chi connectivity index (χ4v) is 2.42. The first-order valence-electron chi connectivity index (χ1n) is 7.42. The van der Waals surface area contributed by atoms with Crippen LogP contribution in [0, 0.1) is 0 Å². The molecule has 3 rings (SSSR count). The van der Waals surface area contributed by atoms with E-state index in [1.165, 1.54) is 5.56 Å². The van der Waals surface area contributed by atoms with E-state index >= 15 is 0 Å². The zero-order chi connectivity index (χ0) is 15.5. The van der Waals surface area contributed by atoms with Gasteiger partial charge in [0.2, 0.25) is 0 Å². The standard InChI is InChI=1S/C19H18N2O/c1-3-14-8-10-15(11-9-14)12-13-18-20-17-7-5-4-6-16(17)19(22)21(18)2/h4-13H,3H2,1-2H3/b13-12+. The van der Waals surface area contributed by atoms with Crippen LogP contribution in [0.15, 0.2) is 53.3 Å². The van der Waals surface area contributed by atoms with Gasteiger partial charge in [-0.3, -0.25) is 9.36 Å². The predicted molar refractivity (Wildman–Crippen MR) is 91.7 cm³/mol. The van der Waals surface area contributed by atoms with Crippen molar-refractivity contribution in [2.45, 2.75) is 13.3 Å². The molecule has 2 aromatic carbocycles. The molecule has 0 aliphatic heterocycles. The Labute approximate surface area is 129 Å². The van der Waals surface area contributed by atoms with Gasteiger partial charge in [-0.2, -0.15) is 0 Å². The summed E-state index contributed by atoms with van der Waals surface area (Å²) in [7, 11) is 1.75. The molecule has 1 heterocycles. The molecule has 0 N–H and O–H groups in total. The molecule has 3 heteroatoms. The first-order valence-corrected chi connectivity index (χ1v) is 7.42. The fraction of sp³-hybridized carbons (Fsp3) is 0.158. The van der Waals surface area contributed by atoms with Crippen LogP contribution < -0.4 is 5.56 Å². The van der Waals surface area contributed by atoms with Crippen LogP contribution in [0.4, 0.5) is 0 Å². The van der Waals surface area contributed by atoms with Crippen LogP contribution in [0.2, 0.25) is 0 Å². The largest absolute Gasteiger partial charge is 0.296 e. The summed E-state index contributed by atoms with van der Waals surface area (Å²) < 4.78 is 1.58. The Morgan fingerprint density at radius 3 is 2.50 bits per heavy atom. The highest BCUT2D eigenvalue weighted by atomic mass is 16.1. The minimum Gasteiger partial charge on any atom is -0.296 e. The Morgan fingerprint density at radius 2 is 1.77 bits per heavy atom. The Morgan fingerprint density at radius 1 is 1.05 bits per heavy atom. The number of aryl methyl sites for hydroxylation is 1. The average Bonchev–Trinajstić information content (AvgIpc) is 2.57. The molecule has 1 aromatic heterocycles. The minimum atomic E-state index is -0.0217. The quantitative estimate of drug-likeness (QED) is 0.737. The normalized spacial score (nSPS) is 11.4. The van der Waals surface area contributed by atoms with Crippen molar-refractivity contribution in [2.24, 2.45) is 7.05 Å². The predicted octanol–water partition coefficient (Wildman–Crippen LogP) is 3.67. The molecule has 0 bridgehead atoms. The van der Waals surface area contributed by atoms with Crippen molar-refractivity contribution >= 4 is 23.1 Å². The highest BCUT2D eigenvalue weighted by molar-refractivity contribution is 5.79. The highest BCUT2D eigenvalue weighted by Crippen LogP contribution is 2.11. The fourth-order valence-electron chi connectivity index (χ4n) is 2.42. The zero-order valence-corrected chi connectivity index (χ0v) is 12.8. The summed E-state index contributed by atoms with van der Waals surface area (Å²) in [5.74, 6) is 0.656. The Hall–Kier alpha value is -2.68. The monoisotopic (exact) mass is 290 g/mol. The second-order valence-electron chi connectivity index (χ2n) is 5.28. The first-order chi connectivity index (χ1) is 10.7. The molecule has 0 radical (unpaired) electrons. The van der Waals surface area contributed by atoms with Gasteiger partial charge in [-0.25, -0.2) is 4.98 Å². The molecule has 0 saturated carbocycles. The van der Waals surface area contributed by atoms with Crippen LogP contribution in [0.1, 0.15) is 23.9 Å². The van der Waals surface area contributed by atoms with E-state index in [1.54, 1.807) is 11.6 Å². The van der Waals surface area contributed by atoms with Gasteiger partial charge < -0.3 is 0 Å². The number of benzene rings is 2. The van der Waals surface area contributed by atoms with E-state index in [1.807, 2.05) is 36.4 Å². The molecule has 110 valence electrons. The number of aromatic nitrogens is 2. The lowest BCUT2D eigenvalue weighted by Gasteiger charge is -2.05. The molecule has 0 saturated heterocycles. The second kappa shape index (κ2) is 5.98. The summed E-state index contributed by atoms with van der Waals surface area (Å²) in [6.45, 7) is 2.14. The smallest absolute Gasteiger partial charge is 0.261 e. The van der Waals surface area contributed by atoms with Crippen LogP contribution in [0.3, 0.4) is 0 Å². The highest BCUT2D eigenvalue weighted by Gasteiger charge is 2.04. The summed E-state index contributed by atoms with van der Waals surface area (Å²) >= 11 is 0. The molecule has 3 nitrogen and oxygen atoms in total. The van der Waals surface area contributed by atoms with Gasteiger partial charge in [0.25, 0.3) is 5.56 Å². The van der Waals surface area contributed by atoms with E-state index in [4.69, 9.17) is 0 Å². The summed E-state index contributed by atoms with van der Waals surface area (Å²) in [5, 5.41) is 0.648. The Bertz CT molecular complexity index is 889. The number of hydrogen-bond acceptors (Lipinski definition) is 2. The molecule has 0 amide bonds. The Balaban J connectivity index is 2.01. The van der Waals surface area contributed by atoms with Gasteiger partial charge in [0.15, 0.2) is 0 Å². The number of hydrogen-bond donors (Lipinski definition) is 0. The lowest BCUT2D eigenvalue weighted by molar-refractivity contribution is 0.828. The zero-order valence-electron chi connectivity index (χ0n) is 12.8. The van der Waals surface area contributed by atoms with E-state index in [9.17, 15) is 4.79 Å². The third-order valence-electron chi connectivity index (χ3n) is 3.83. The van der Waals surface area contributed by atoms with E-state index in [-0.39, 0.29) is 5.56 Å². The SMILES string of the molecule is CCc1ccc(/C=C/c2nc3ccccc3c(=O)n2C)cc1. The van der Waals surface area contributed by atoms with Crippen LogP contribution >= 0.6 is 0 Å². The van der Waals surface area contributed by atoms with Crippen molar-refractivity contribution in [1.82, 2.24) is 9.55 Å². The van der Waals surface area contributed by atoms with Gasteiger partial charge in [0, 0.05) is 7.05 Å². The third-order valence-corrected chi connectivity index (χ3v) is 3.83. The minimum absolute atomic E-state index is 0.0217. The van der Waals surface area contributed by atoms with Gasteiger partial charge in [-0.1, -0.05) is 49.4 Å². The van der Waals surface area contributed by atoms with Crippen LogP contribution in [0.5, 0.6) is 0 Å². The summed E-state index contributed by atoms with van der Waals surface area (Å²) in [4.78, 5) is 16.9. The van der Waals surface area contributed by atoms with Crippen LogP contribution in [-0.2, 0) is 13.5 Å². The summed E-state index contributed by atoms with van der Waals surface area (Å²) in [6.07, 6.45) is 4.90. The van der Waals surface area contributed by atoms with Crippen molar-refractivity contribution in [3.63, 3.8) is 0 Å². The number of fused-ring (bicyclic) bond motifs is 1. The molecule has 22 heavy (non-hydrogen) atoms. The lowest BCUT2D eigenvalue weighted by atomic mass is 10.1. The molecule has 0 aliphatic carbocycles. The molecule has 0 fully saturated rings. The first kappa shape index (κ1) is 14.3. The molecule has 0 unspecified atom stereocenters. The number of nitrogens with zero attached hydrogens (tertiary/aromatic N) is 2. The molecule has 0 aliphatic rings. The molecule has 0 atom stereocenters. The third kappa shape index (κ3) is 2.70. The van der Waals surface area contributed by atoms with Crippen molar-refractivity contribution in [1.29, 1.82) is 0 Å². The maximum Gasteiger partial charge on any atom is 0.261 e. The maximum absolute atomic E-state index is 12.3. The van der Waals surface area contributed by atoms with Crippen LogP contribution in [-0.4, -0.2) is 9.55 Å². The Kier molecular flexibility index (Phi) is 3.88. The molecule has 0 spiro atoms. The number of rotatable bonds is 3. The summed E-state index contributed by atoms with van der Waals surface area (Å²) in [5.41, 5.74) is 3.12. The average molecular weight is 290 g/mol. The van der Waals surface area contributed by atoms with Gasteiger partial charge in [0.1, 0.15) is 5.82 Å².